The Kier molecular flexibility index (Phi) is 5.00. The zero-order chi connectivity index (χ0) is 13.7. The number of hydrogen-bond donors (Lipinski definition) is 1. The highest BCUT2D eigenvalue weighted by atomic mass is 32.1. The van der Waals surface area contributed by atoms with Crippen LogP contribution in [0.5, 0.6) is 0 Å². The lowest BCUT2D eigenvalue weighted by Crippen LogP contribution is -2.08. The summed E-state index contributed by atoms with van der Waals surface area (Å²) in [5.41, 5.74) is 2.52. The van der Waals surface area contributed by atoms with Crippen molar-refractivity contribution < 1.29 is 4.74 Å². The number of thiophene rings is 1. The van der Waals surface area contributed by atoms with Crippen LogP contribution in [-0.4, -0.2) is 13.7 Å². The van der Waals surface area contributed by atoms with Gasteiger partial charge in [0.05, 0.1) is 12.6 Å². The summed E-state index contributed by atoms with van der Waals surface area (Å²) in [4.78, 5) is 2.73. The molecule has 0 amide bonds. The van der Waals surface area contributed by atoms with Crippen LogP contribution in [0.4, 0.5) is 5.69 Å². The predicted octanol–water partition coefficient (Wildman–Crippen LogP) is 4.42. The molecule has 2 rings (SSSR count). The van der Waals surface area contributed by atoms with Crippen molar-refractivity contribution in [2.75, 3.05) is 19.0 Å². The summed E-state index contributed by atoms with van der Waals surface area (Å²) in [7, 11) is 1.74. The smallest absolute Gasteiger partial charge is 0.0578 e. The molecule has 0 spiro atoms. The van der Waals surface area contributed by atoms with Crippen LogP contribution in [0.2, 0.25) is 0 Å². The predicted molar refractivity (Wildman–Crippen MR) is 83.1 cm³/mol. The first kappa shape index (κ1) is 14.1. The van der Waals surface area contributed by atoms with Crippen molar-refractivity contribution in [3.05, 3.63) is 51.7 Å². The molecule has 0 aliphatic rings. The molecule has 102 valence electrons. The summed E-state index contributed by atoms with van der Waals surface area (Å²) in [5.74, 6) is 0. The molecule has 0 aliphatic carbocycles. The quantitative estimate of drug-likeness (QED) is 0.842. The molecule has 1 atom stereocenters. The van der Waals surface area contributed by atoms with Crippen LogP contribution in [0.3, 0.4) is 0 Å². The largest absolute Gasteiger partial charge is 0.384 e. The van der Waals surface area contributed by atoms with Gasteiger partial charge in [-0.1, -0.05) is 18.2 Å². The minimum absolute atomic E-state index is 0.336. The molecule has 0 saturated heterocycles. The van der Waals surface area contributed by atoms with Crippen molar-refractivity contribution >= 4 is 17.0 Å². The average Bonchev–Trinajstić information content (AvgIpc) is 2.84. The maximum atomic E-state index is 5.17. The number of anilines is 1. The molecule has 1 unspecified atom stereocenters. The monoisotopic (exact) mass is 275 g/mol. The van der Waals surface area contributed by atoms with Crippen molar-refractivity contribution in [2.45, 2.75) is 26.3 Å². The molecule has 3 heteroatoms. The third kappa shape index (κ3) is 3.82. The van der Waals surface area contributed by atoms with E-state index in [2.05, 4.69) is 55.6 Å². The van der Waals surface area contributed by atoms with Crippen molar-refractivity contribution in [2.24, 2.45) is 0 Å². The zero-order valence-corrected chi connectivity index (χ0v) is 12.6. The number of benzene rings is 1. The second-order valence-electron chi connectivity index (χ2n) is 4.71. The highest BCUT2D eigenvalue weighted by Gasteiger charge is 2.09. The summed E-state index contributed by atoms with van der Waals surface area (Å²) in [6.45, 7) is 5.11. The van der Waals surface area contributed by atoms with Gasteiger partial charge < -0.3 is 10.1 Å². The van der Waals surface area contributed by atoms with E-state index in [0.717, 1.165) is 13.0 Å². The Morgan fingerprint density at radius 3 is 2.68 bits per heavy atom. The Bertz CT molecular complexity index is 521. The Labute approximate surface area is 119 Å². The van der Waals surface area contributed by atoms with Crippen LogP contribution in [0.15, 0.2) is 36.4 Å². The second-order valence-corrected chi connectivity index (χ2v) is 6.03. The van der Waals surface area contributed by atoms with Gasteiger partial charge >= 0.3 is 0 Å². The first-order chi connectivity index (χ1) is 9.20. The molecule has 0 bridgehead atoms. The molecule has 1 heterocycles. The van der Waals surface area contributed by atoms with E-state index < -0.39 is 0 Å². The number of ether oxygens (including phenoxy) is 1. The fourth-order valence-corrected chi connectivity index (χ4v) is 2.96. The molecule has 0 aliphatic heterocycles. The van der Waals surface area contributed by atoms with Crippen molar-refractivity contribution in [3.8, 4) is 0 Å². The first-order valence-electron chi connectivity index (χ1n) is 6.60. The molecule has 19 heavy (non-hydrogen) atoms. The lowest BCUT2D eigenvalue weighted by atomic mass is 10.1. The maximum Gasteiger partial charge on any atom is 0.0578 e. The van der Waals surface area contributed by atoms with Crippen LogP contribution in [0, 0.1) is 6.92 Å². The average molecular weight is 275 g/mol. The molecule has 0 fully saturated rings. The first-order valence-corrected chi connectivity index (χ1v) is 7.42. The normalized spacial score (nSPS) is 12.4. The van der Waals surface area contributed by atoms with E-state index in [1.165, 1.54) is 21.0 Å². The van der Waals surface area contributed by atoms with Gasteiger partial charge in [0.15, 0.2) is 0 Å². The van der Waals surface area contributed by atoms with E-state index in [-0.39, 0.29) is 0 Å². The molecule has 2 aromatic rings. The van der Waals surface area contributed by atoms with Crippen molar-refractivity contribution in [1.82, 2.24) is 0 Å². The van der Waals surface area contributed by atoms with Gasteiger partial charge in [-0.25, -0.2) is 0 Å². The van der Waals surface area contributed by atoms with Crippen LogP contribution >= 0.6 is 11.3 Å². The molecule has 0 saturated carbocycles. The summed E-state index contributed by atoms with van der Waals surface area (Å²) in [6.07, 6.45) is 0.940. The van der Waals surface area contributed by atoms with Gasteiger partial charge in [-0.3, -0.25) is 0 Å². The minimum Gasteiger partial charge on any atom is -0.384 e. The summed E-state index contributed by atoms with van der Waals surface area (Å²) >= 11 is 1.85. The highest BCUT2D eigenvalue weighted by molar-refractivity contribution is 7.12. The van der Waals surface area contributed by atoms with Crippen molar-refractivity contribution in [1.29, 1.82) is 0 Å². The molecule has 1 aromatic carbocycles. The van der Waals surface area contributed by atoms with Gasteiger partial charge in [-0.15, -0.1) is 11.3 Å². The van der Waals surface area contributed by atoms with E-state index in [1.54, 1.807) is 7.11 Å². The fraction of sp³-hybridized carbons (Fsp3) is 0.375. The van der Waals surface area contributed by atoms with Crippen LogP contribution in [0.25, 0.3) is 0 Å². The maximum absolute atomic E-state index is 5.17. The second kappa shape index (κ2) is 6.73. The number of aryl methyl sites for hydroxylation is 1. The zero-order valence-electron chi connectivity index (χ0n) is 11.8. The summed E-state index contributed by atoms with van der Waals surface area (Å²) in [5, 5.41) is 3.60. The number of nitrogens with one attached hydrogen (secondary N) is 1. The Balaban J connectivity index is 2.09. The lowest BCUT2D eigenvalue weighted by Gasteiger charge is -2.17. The minimum atomic E-state index is 0.336. The standard InChI is InChI=1S/C16H21NOS/c1-12-8-9-16(19-12)13(2)17-15-7-5-4-6-14(15)10-11-18-3/h4-9,13,17H,10-11H2,1-3H3. The SMILES string of the molecule is COCCc1ccccc1NC(C)c1ccc(C)s1. The number of rotatable bonds is 6. The van der Waals surface area contributed by atoms with Gasteiger partial charge in [0.2, 0.25) is 0 Å². The van der Waals surface area contributed by atoms with E-state index in [4.69, 9.17) is 4.74 Å². The molecule has 1 aromatic heterocycles. The number of methoxy groups -OCH3 is 1. The Morgan fingerprint density at radius 1 is 1.21 bits per heavy atom. The third-order valence-corrected chi connectivity index (χ3v) is 4.34. The Hall–Kier alpha value is -1.32. The van der Waals surface area contributed by atoms with Crippen LogP contribution in [0.1, 0.15) is 28.3 Å². The van der Waals surface area contributed by atoms with E-state index in [0.29, 0.717) is 6.04 Å². The summed E-state index contributed by atoms with van der Waals surface area (Å²) in [6, 6.07) is 13.2. The molecular weight excluding hydrogens is 254 g/mol. The summed E-state index contributed by atoms with van der Waals surface area (Å²) < 4.78 is 5.17. The fourth-order valence-electron chi connectivity index (χ4n) is 2.08. The van der Waals surface area contributed by atoms with Gasteiger partial charge in [-0.05, 0) is 44.0 Å². The van der Waals surface area contributed by atoms with Gasteiger partial charge in [0, 0.05) is 22.6 Å². The number of hydrogen-bond acceptors (Lipinski definition) is 3. The lowest BCUT2D eigenvalue weighted by molar-refractivity contribution is 0.202. The molecule has 1 N–H and O–H groups in total. The molecular formula is C16H21NOS. The van der Waals surface area contributed by atoms with Crippen LogP contribution < -0.4 is 5.32 Å². The van der Waals surface area contributed by atoms with Crippen molar-refractivity contribution in [3.63, 3.8) is 0 Å². The van der Waals surface area contributed by atoms with E-state index >= 15 is 0 Å². The van der Waals surface area contributed by atoms with E-state index in [9.17, 15) is 0 Å². The van der Waals surface area contributed by atoms with Crippen LogP contribution in [-0.2, 0) is 11.2 Å². The van der Waals surface area contributed by atoms with Gasteiger partial charge in [0.25, 0.3) is 0 Å². The third-order valence-electron chi connectivity index (χ3n) is 3.15. The highest BCUT2D eigenvalue weighted by Crippen LogP contribution is 2.27. The Morgan fingerprint density at radius 2 is 2.00 bits per heavy atom. The molecule has 0 radical (unpaired) electrons. The van der Waals surface area contributed by atoms with Gasteiger partial charge in [0.1, 0.15) is 0 Å². The van der Waals surface area contributed by atoms with Gasteiger partial charge in [-0.2, -0.15) is 0 Å². The molecule has 2 nitrogen and oxygen atoms in total. The number of para-hydroxylation sites is 1. The van der Waals surface area contributed by atoms with E-state index in [1.807, 2.05) is 11.3 Å². The topological polar surface area (TPSA) is 21.3 Å².